The van der Waals surface area contributed by atoms with Gasteiger partial charge in [-0.3, -0.25) is 4.68 Å². The number of amides is 2. The van der Waals surface area contributed by atoms with Gasteiger partial charge in [0.1, 0.15) is 5.76 Å². The Morgan fingerprint density at radius 3 is 2.52 bits per heavy atom. The minimum atomic E-state index is -0.174. The lowest BCUT2D eigenvalue weighted by atomic mass is 10.00. The highest BCUT2D eigenvalue weighted by atomic mass is 16.5. The van der Waals surface area contributed by atoms with Gasteiger partial charge in [0.2, 0.25) is 0 Å². The molecule has 7 heteroatoms. The largest absolute Gasteiger partial charge is 0.361 e. The molecule has 138 valence electrons. The second-order valence-electron chi connectivity index (χ2n) is 6.41. The number of rotatable bonds is 7. The SMILES string of the molecule is CCc1nn(C)c(CC)c1CNC(=O)NCC(C)c1c(C)noc1C. The molecular weight excluding hydrogens is 318 g/mol. The molecule has 2 aromatic heterocycles. The highest BCUT2D eigenvalue weighted by Crippen LogP contribution is 2.22. The van der Waals surface area contributed by atoms with Crippen LogP contribution in [0.2, 0.25) is 0 Å². The highest BCUT2D eigenvalue weighted by molar-refractivity contribution is 5.74. The van der Waals surface area contributed by atoms with Crippen LogP contribution in [0.1, 0.15) is 60.7 Å². The molecule has 0 radical (unpaired) electrons. The van der Waals surface area contributed by atoms with Crippen molar-refractivity contribution in [2.45, 2.75) is 59.9 Å². The van der Waals surface area contributed by atoms with E-state index in [9.17, 15) is 4.79 Å². The second-order valence-corrected chi connectivity index (χ2v) is 6.41. The van der Waals surface area contributed by atoms with Crippen LogP contribution in [0.3, 0.4) is 0 Å². The summed E-state index contributed by atoms with van der Waals surface area (Å²) < 4.78 is 7.10. The standard InChI is InChI=1S/C18H29N5O2/c1-7-15-14(16(8-2)23(6)21-15)10-20-18(24)19-9-11(3)17-12(4)22-25-13(17)5/h11H,7-10H2,1-6H3,(H2,19,20,24). The second kappa shape index (κ2) is 8.18. The number of urea groups is 1. The van der Waals surface area contributed by atoms with Crippen LogP contribution in [-0.4, -0.2) is 27.5 Å². The first-order valence-corrected chi connectivity index (χ1v) is 8.87. The van der Waals surface area contributed by atoms with E-state index in [1.54, 1.807) is 0 Å². The van der Waals surface area contributed by atoms with Gasteiger partial charge in [-0.05, 0) is 26.7 Å². The van der Waals surface area contributed by atoms with Crippen molar-refractivity contribution in [3.8, 4) is 0 Å². The molecule has 7 nitrogen and oxygen atoms in total. The van der Waals surface area contributed by atoms with Gasteiger partial charge in [-0.25, -0.2) is 4.79 Å². The van der Waals surface area contributed by atoms with Crippen molar-refractivity contribution < 1.29 is 9.32 Å². The Hall–Kier alpha value is -2.31. The zero-order valence-corrected chi connectivity index (χ0v) is 16.1. The summed E-state index contributed by atoms with van der Waals surface area (Å²) in [5, 5.41) is 14.4. The topological polar surface area (TPSA) is 85.0 Å². The number of nitrogens with one attached hydrogen (secondary N) is 2. The molecule has 2 amide bonds. The number of nitrogens with zero attached hydrogens (tertiary/aromatic N) is 3. The molecule has 0 spiro atoms. The maximum atomic E-state index is 12.2. The van der Waals surface area contributed by atoms with Gasteiger partial charge in [0, 0.05) is 42.9 Å². The van der Waals surface area contributed by atoms with E-state index in [0.29, 0.717) is 13.1 Å². The minimum Gasteiger partial charge on any atom is -0.361 e. The van der Waals surface area contributed by atoms with Gasteiger partial charge in [-0.2, -0.15) is 5.10 Å². The molecule has 2 N–H and O–H groups in total. The first-order chi connectivity index (χ1) is 11.9. The molecule has 0 aromatic carbocycles. The molecule has 1 atom stereocenters. The van der Waals surface area contributed by atoms with Crippen LogP contribution >= 0.6 is 0 Å². The molecule has 2 rings (SSSR count). The monoisotopic (exact) mass is 347 g/mol. The zero-order valence-electron chi connectivity index (χ0n) is 16.1. The van der Waals surface area contributed by atoms with Crippen molar-refractivity contribution in [2.24, 2.45) is 7.05 Å². The summed E-state index contributed by atoms with van der Waals surface area (Å²) in [6.07, 6.45) is 1.75. The third-order valence-corrected chi connectivity index (χ3v) is 4.60. The Balaban J connectivity index is 1.91. The quantitative estimate of drug-likeness (QED) is 0.806. The fourth-order valence-electron chi connectivity index (χ4n) is 3.37. The van der Waals surface area contributed by atoms with Crippen LogP contribution in [0.25, 0.3) is 0 Å². The van der Waals surface area contributed by atoms with Gasteiger partial charge >= 0.3 is 6.03 Å². The molecule has 0 bridgehead atoms. The summed E-state index contributed by atoms with van der Waals surface area (Å²) in [5.74, 6) is 0.954. The van der Waals surface area contributed by atoms with E-state index in [1.165, 1.54) is 5.69 Å². The van der Waals surface area contributed by atoms with Crippen molar-refractivity contribution in [3.05, 3.63) is 34.0 Å². The number of hydrogen-bond donors (Lipinski definition) is 2. The van der Waals surface area contributed by atoms with Gasteiger partial charge in [-0.1, -0.05) is 25.9 Å². The maximum absolute atomic E-state index is 12.2. The predicted molar refractivity (Wildman–Crippen MR) is 96.6 cm³/mol. The first kappa shape index (κ1) is 19.0. The molecule has 0 saturated heterocycles. The number of aryl methyl sites for hydroxylation is 4. The Morgan fingerprint density at radius 1 is 1.24 bits per heavy atom. The molecule has 0 aliphatic rings. The summed E-state index contributed by atoms with van der Waals surface area (Å²) in [7, 11) is 1.95. The highest BCUT2D eigenvalue weighted by Gasteiger charge is 2.18. The van der Waals surface area contributed by atoms with Crippen LogP contribution in [0.4, 0.5) is 4.79 Å². The molecule has 0 aliphatic carbocycles. The summed E-state index contributed by atoms with van der Waals surface area (Å²) in [6.45, 7) is 11.1. The van der Waals surface area contributed by atoms with Gasteiger partial charge in [-0.15, -0.1) is 0 Å². The lowest BCUT2D eigenvalue weighted by molar-refractivity contribution is 0.240. The van der Waals surface area contributed by atoms with Crippen LogP contribution in [0.15, 0.2) is 4.52 Å². The van der Waals surface area contributed by atoms with Gasteiger partial charge in [0.25, 0.3) is 0 Å². The lowest BCUT2D eigenvalue weighted by Crippen LogP contribution is -2.37. The lowest BCUT2D eigenvalue weighted by Gasteiger charge is -2.13. The molecule has 25 heavy (non-hydrogen) atoms. The average Bonchev–Trinajstić information content (AvgIpc) is 3.08. The number of carbonyl (C=O) groups is 1. The Bertz CT molecular complexity index is 713. The maximum Gasteiger partial charge on any atom is 0.315 e. The molecule has 1 unspecified atom stereocenters. The summed E-state index contributed by atoms with van der Waals surface area (Å²) in [5.41, 5.74) is 5.28. The van der Waals surface area contributed by atoms with E-state index in [0.717, 1.165) is 41.1 Å². The molecule has 2 heterocycles. The van der Waals surface area contributed by atoms with Crippen LogP contribution in [-0.2, 0) is 26.4 Å². The van der Waals surface area contributed by atoms with E-state index in [4.69, 9.17) is 4.52 Å². The Labute approximate surface area is 149 Å². The Kier molecular flexibility index (Phi) is 6.22. The van der Waals surface area contributed by atoms with Crippen LogP contribution < -0.4 is 10.6 Å². The van der Waals surface area contributed by atoms with Gasteiger partial charge in [0.05, 0.1) is 11.4 Å². The molecule has 0 aliphatic heterocycles. The predicted octanol–water partition coefficient (Wildman–Crippen LogP) is 2.75. The van der Waals surface area contributed by atoms with Crippen molar-refractivity contribution in [1.82, 2.24) is 25.6 Å². The molecule has 0 fully saturated rings. The third kappa shape index (κ3) is 4.21. The molecule has 0 saturated carbocycles. The summed E-state index contributed by atoms with van der Waals surface area (Å²) >= 11 is 0. The summed E-state index contributed by atoms with van der Waals surface area (Å²) in [6, 6.07) is -0.174. The molecule has 2 aromatic rings. The minimum absolute atomic E-state index is 0.146. The molecular formula is C18H29N5O2. The van der Waals surface area contributed by atoms with E-state index >= 15 is 0 Å². The first-order valence-electron chi connectivity index (χ1n) is 8.87. The smallest absolute Gasteiger partial charge is 0.315 e. The van der Waals surface area contributed by atoms with Crippen molar-refractivity contribution in [1.29, 1.82) is 0 Å². The van der Waals surface area contributed by atoms with Crippen molar-refractivity contribution in [3.63, 3.8) is 0 Å². The fraction of sp³-hybridized carbons (Fsp3) is 0.611. The Morgan fingerprint density at radius 2 is 1.96 bits per heavy atom. The van der Waals surface area contributed by atoms with Crippen molar-refractivity contribution in [2.75, 3.05) is 6.54 Å². The fourth-order valence-corrected chi connectivity index (χ4v) is 3.37. The van der Waals surface area contributed by atoms with Crippen LogP contribution in [0, 0.1) is 13.8 Å². The van der Waals surface area contributed by atoms with E-state index in [1.807, 2.05) is 25.6 Å². The summed E-state index contributed by atoms with van der Waals surface area (Å²) in [4.78, 5) is 12.2. The number of aromatic nitrogens is 3. The number of hydrogen-bond acceptors (Lipinski definition) is 4. The van der Waals surface area contributed by atoms with Gasteiger partial charge in [0.15, 0.2) is 0 Å². The van der Waals surface area contributed by atoms with Crippen molar-refractivity contribution >= 4 is 6.03 Å². The van der Waals surface area contributed by atoms with Crippen LogP contribution in [0.5, 0.6) is 0 Å². The van der Waals surface area contributed by atoms with E-state index < -0.39 is 0 Å². The van der Waals surface area contributed by atoms with Gasteiger partial charge < -0.3 is 15.2 Å². The zero-order chi connectivity index (χ0) is 18.6. The normalized spacial score (nSPS) is 12.2. The number of carbonyl (C=O) groups excluding carboxylic acids is 1. The van der Waals surface area contributed by atoms with E-state index in [2.05, 4.69) is 41.7 Å². The van der Waals surface area contributed by atoms with E-state index in [-0.39, 0.29) is 11.9 Å². The third-order valence-electron chi connectivity index (χ3n) is 4.60. The average molecular weight is 347 g/mol.